The molecule has 20 heavy (non-hydrogen) atoms. The molecule has 0 spiro atoms. The molecule has 1 unspecified atom stereocenters. The van der Waals surface area contributed by atoms with Crippen LogP contribution < -0.4 is 0 Å². The van der Waals surface area contributed by atoms with Gasteiger partial charge in [-0.05, 0) is 32.1 Å². The molecule has 0 bridgehead atoms. The van der Waals surface area contributed by atoms with Crippen LogP contribution in [-0.4, -0.2) is 24.6 Å². The normalized spacial score (nSPS) is 16.0. The number of rotatable bonds is 6. The second kappa shape index (κ2) is 12.7. The van der Waals surface area contributed by atoms with Gasteiger partial charge in [0.15, 0.2) is 0 Å². The Kier molecular flexibility index (Phi) is 11.9. The maximum absolute atomic E-state index is 10.8. The highest BCUT2D eigenvalue weighted by atomic mass is 16.5. The van der Waals surface area contributed by atoms with Crippen LogP contribution >= 0.6 is 0 Å². The molecule has 1 heterocycles. The van der Waals surface area contributed by atoms with Crippen molar-refractivity contribution in [3.05, 3.63) is 12.7 Å². The second-order valence-electron chi connectivity index (χ2n) is 4.84. The molecule has 116 valence electrons. The summed E-state index contributed by atoms with van der Waals surface area (Å²) in [6.07, 6.45) is 9.23. The van der Waals surface area contributed by atoms with E-state index in [0.717, 1.165) is 44.9 Å². The van der Waals surface area contributed by atoms with Gasteiger partial charge in [0.2, 0.25) is 0 Å². The van der Waals surface area contributed by atoms with Gasteiger partial charge < -0.3 is 9.47 Å². The third kappa shape index (κ3) is 10.6. The van der Waals surface area contributed by atoms with Crippen LogP contribution in [0.15, 0.2) is 12.7 Å². The van der Waals surface area contributed by atoms with Crippen molar-refractivity contribution >= 4 is 11.9 Å². The highest BCUT2D eigenvalue weighted by Gasteiger charge is 2.08. The molecule has 0 N–H and O–H groups in total. The summed E-state index contributed by atoms with van der Waals surface area (Å²) in [5.41, 5.74) is 0. The molecule has 0 aromatic heterocycles. The van der Waals surface area contributed by atoms with E-state index in [-0.39, 0.29) is 18.0 Å². The van der Waals surface area contributed by atoms with Crippen molar-refractivity contribution in [2.24, 2.45) is 0 Å². The number of unbranched alkanes of at least 4 members (excludes halogenated alkanes) is 1. The number of ether oxygens (including phenoxy) is 2. The Morgan fingerprint density at radius 1 is 1.40 bits per heavy atom. The van der Waals surface area contributed by atoms with Crippen LogP contribution in [-0.2, 0) is 19.1 Å². The minimum atomic E-state index is -0.307. The minimum Gasteiger partial charge on any atom is -0.466 e. The van der Waals surface area contributed by atoms with E-state index in [4.69, 9.17) is 9.47 Å². The van der Waals surface area contributed by atoms with Gasteiger partial charge in [0, 0.05) is 12.5 Å². The van der Waals surface area contributed by atoms with E-state index < -0.39 is 0 Å². The third-order valence-corrected chi connectivity index (χ3v) is 3.07. The van der Waals surface area contributed by atoms with Crippen LogP contribution in [0.5, 0.6) is 0 Å². The summed E-state index contributed by atoms with van der Waals surface area (Å²) in [6, 6.07) is 0. The molecule has 0 aliphatic carbocycles. The van der Waals surface area contributed by atoms with Crippen molar-refractivity contribution in [2.75, 3.05) is 6.61 Å². The van der Waals surface area contributed by atoms with Crippen LogP contribution in [0.3, 0.4) is 0 Å². The zero-order valence-electron chi connectivity index (χ0n) is 12.9. The van der Waals surface area contributed by atoms with Crippen molar-refractivity contribution in [1.82, 2.24) is 0 Å². The van der Waals surface area contributed by atoms with Crippen molar-refractivity contribution in [3.8, 4) is 0 Å². The van der Waals surface area contributed by atoms with Gasteiger partial charge in [0.25, 0.3) is 0 Å². The Hall–Kier alpha value is -1.32. The number of cyclic esters (lactones) is 1. The van der Waals surface area contributed by atoms with E-state index in [1.54, 1.807) is 0 Å². The van der Waals surface area contributed by atoms with E-state index >= 15 is 0 Å². The summed E-state index contributed by atoms with van der Waals surface area (Å²) >= 11 is 0. The third-order valence-electron chi connectivity index (χ3n) is 3.07. The Morgan fingerprint density at radius 2 is 2.15 bits per heavy atom. The number of hydrogen-bond acceptors (Lipinski definition) is 4. The quantitative estimate of drug-likeness (QED) is 0.550. The molecule has 0 radical (unpaired) electrons. The maximum Gasteiger partial charge on any atom is 0.330 e. The Labute approximate surface area is 122 Å². The van der Waals surface area contributed by atoms with E-state index in [1.165, 1.54) is 6.08 Å². The Morgan fingerprint density at radius 3 is 2.75 bits per heavy atom. The average molecular weight is 284 g/mol. The largest absolute Gasteiger partial charge is 0.466 e. The van der Waals surface area contributed by atoms with E-state index in [9.17, 15) is 9.59 Å². The van der Waals surface area contributed by atoms with Crippen molar-refractivity contribution in [1.29, 1.82) is 0 Å². The van der Waals surface area contributed by atoms with E-state index in [0.29, 0.717) is 13.0 Å². The van der Waals surface area contributed by atoms with E-state index in [1.807, 2.05) is 6.92 Å². The summed E-state index contributed by atoms with van der Waals surface area (Å²) < 4.78 is 9.86. The predicted octanol–water partition coefficient (Wildman–Crippen LogP) is 3.79. The SMILES string of the molecule is C=CC(=O)OC(CC)CCCC.O=C1CCCCCO1. The molecule has 1 aliphatic rings. The van der Waals surface area contributed by atoms with Crippen LogP contribution in [0.2, 0.25) is 0 Å². The summed E-state index contributed by atoms with van der Waals surface area (Å²) in [5, 5.41) is 0. The summed E-state index contributed by atoms with van der Waals surface area (Å²) in [5.74, 6) is -0.333. The molecule has 0 aromatic carbocycles. The first-order valence-corrected chi connectivity index (χ1v) is 7.62. The molecular weight excluding hydrogens is 256 g/mol. The molecule has 4 nitrogen and oxygen atoms in total. The molecule has 1 atom stereocenters. The van der Waals surface area contributed by atoms with Gasteiger partial charge >= 0.3 is 11.9 Å². The number of carbonyl (C=O) groups excluding carboxylic acids is 2. The first-order valence-electron chi connectivity index (χ1n) is 7.62. The molecule has 0 amide bonds. The lowest BCUT2D eigenvalue weighted by atomic mass is 10.1. The lowest BCUT2D eigenvalue weighted by Gasteiger charge is -2.13. The van der Waals surface area contributed by atoms with Crippen LogP contribution in [0, 0.1) is 0 Å². The summed E-state index contributed by atoms with van der Waals surface area (Å²) in [4.78, 5) is 21.3. The van der Waals surface area contributed by atoms with Crippen molar-refractivity contribution in [2.45, 2.75) is 71.3 Å². The molecule has 1 rings (SSSR count). The zero-order chi connectivity index (χ0) is 15.2. The summed E-state index contributed by atoms with van der Waals surface area (Å²) in [7, 11) is 0. The first kappa shape index (κ1) is 18.7. The molecule has 1 saturated heterocycles. The van der Waals surface area contributed by atoms with Gasteiger partial charge in [-0.2, -0.15) is 0 Å². The molecule has 0 saturated carbocycles. The molecule has 1 fully saturated rings. The monoisotopic (exact) mass is 284 g/mol. The van der Waals surface area contributed by atoms with Gasteiger partial charge in [0.05, 0.1) is 6.61 Å². The fourth-order valence-corrected chi connectivity index (χ4v) is 1.80. The number of hydrogen-bond donors (Lipinski definition) is 0. The smallest absolute Gasteiger partial charge is 0.330 e. The molecular formula is C16H28O4. The topological polar surface area (TPSA) is 52.6 Å². The highest BCUT2D eigenvalue weighted by molar-refractivity contribution is 5.81. The Bertz CT molecular complexity index is 276. The average Bonchev–Trinajstić information content (AvgIpc) is 2.71. The first-order chi connectivity index (χ1) is 9.63. The van der Waals surface area contributed by atoms with Gasteiger partial charge in [-0.25, -0.2) is 4.79 Å². The van der Waals surface area contributed by atoms with Gasteiger partial charge in [0.1, 0.15) is 6.10 Å². The van der Waals surface area contributed by atoms with Crippen molar-refractivity contribution < 1.29 is 19.1 Å². The standard InChI is InChI=1S/C10H18O2.C6H10O2/c1-4-7-8-9(5-2)12-10(11)6-3;7-6-4-2-1-3-5-8-6/h6,9H,3-5,7-8H2,1-2H3;1-5H2. The number of esters is 2. The maximum atomic E-state index is 10.8. The second-order valence-corrected chi connectivity index (χ2v) is 4.84. The van der Waals surface area contributed by atoms with Crippen LogP contribution in [0.25, 0.3) is 0 Å². The zero-order valence-corrected chi connectivity index (χ0v) is 12.9. The van der Waals surface area contributed by atoms with Gasteiger partial charge in [-0.15, -0.1) is 0 Å². The summed E-state index contributed by atoms with van der Waals surface area (Å²) in [6.45, 7) is 8.14. The lowest BCUT2D eigenvalue weighted by Crippen LogP contribution is -2.15. The van der Waals surface area contributed by atoms with Crippen molar-refractivity contribution in [3.63, 3.8) is 0 Å². The highest BCUT2D eigenvalue weighted by Crippen LogP contribution is 2.08. The fourth-order valence-electron chi connectivity index (χ4n) is 1.80. The van der Waals surface area contributed by atoms with E-state index in [2.05, 4.69) is 13.5 Å². The predicted molar refractivity (Wildman–Crippen MR) is 79.3 cm³/mol. The minimum absolute atomic E-state index is 0.0255. The number of carbonyl (C=O) groups is 2. The molecule has 0 aromatic rings. The van der Waals surface area contributed by atoms with Crippen LogP contribution in [0.4, 0.5) is 0 Å². The van der Waals surface area contributed by atoms with Gasteiger partial charge in [-0.1, -0.05) is 33.3 Å². The fraction of sp³-hybridized carbons (Fsp3) is 0.750. The Balaban J connectivity index is 0.000000388. The molecule has 1 aliphatic heterocycles. The molecule has 4 heteroatoms. The van der Waals surface area contributed by atoms with Crippen LogP contribution in [0.1, 0.15) is 65.2 Å². The lowest BCUT2D eigenvalue weighted by molar-refractivity contribution is -0.144. The van der Waals surface area contributed by atoms with Gasteiger partial charge in [-0.3, -0.25) is 4.79 Å².